The van der Waals surface area contributed by atoms with Gasteiger partial charge in [-0.3, -0.25) is 4.79 Å². The molecule has 6 nitrogen and oxygen atoms in total. The van der Waals surface area contributed by atoms with Gasteiger partial charge in [0.25, 0.3) is 5.91 Å². The minimum absolute atomic E-state index is 0.0699. The SMILES string of the molecule is CCOC(=O)COc1ccc(/C=C(\C#N)C(=O)Nc2ccc(C)c(C)c2)cc1Cl. The van der Waals surface area contributed by atoms with Crippen LogP contribution in [0.2, 0.25) is 5.02 Å². The van der Waals surface area contributed by atoms with Crippen molar-refractivity contribution < 1.29 is 19.1 Å². The summed E-state index contributed by atoms with van der Waals surface area (Å²) in [6, 6.07) is 12.2. The number of benzene rings is 2. The maximum absolute atomic E-state index is 12.4. The molecule has 1 N–H and O–H groups in total. The van der Waals surface area contributed by atoms with E-state index >= 15 is 0 Å². The van der Waals surface area contributed by atoms with Crippen LogP contribution in [-0.2, 0) is 14.3 Å². The van der Waals surface area contributed by atoms with Crippen molar-refractivity contribution in [3.8, 4) is 11.8 Å². The summed E-state index contributed by atoms with van der Waals surface area (Å²) in [4.78, 5) is 23.8. The lowest BCUT2D eigenvalue weighted by molar-refractivity contribution is -0.145. The molecule has 7 heteroatoms. The van der Waals surface area contributed by atoms with E-state index in [4.69, 9.17) is 21.1 Å². The summed E-state index contributed by atoms with van der Waals surface area (Å²) in [6.07, 6.45) is 1.43. The molecule has 29 heavy (non-hydrogen) atoms. The molecule has 0 aliphatic heterocycles. The largest absolute Gasteiger partial charge is 0.480 e. The predicted octanol–water partition coefficient (Wildman–Crippen LogP) is 4.44. The van der Waals surface area contributed by atoms with Gasteiger partial charge in [0.2, 0.25) is 0 Å². The molecule has 0 aromatic heterocycles. The molecule has 0 saturated carbocycles. The second kappa shape index (κ2) is 10.3. The number of nitrogens with zero attached hydrogens (tertiary/aromatic N) is 1. The van der Waals surface area contributed by atoms with Crippen LogP contribution in [0.3, 0.4) is 0 Å². The van der Waals surface area contributed by atoms with E-state index in [9.17, 15) is 14.9 Å². The van der Waals surface area contributed by atoms with Crippen molar-refractivity contribution >= 4 is 35.2 Å². The van der Waals surface area contributed by atoms with Gasteiger partial charge in [-0.1, -0.05) is 23.7 Å². The molecule has 0 aliphatic carbocycles. The second-order valence-electron chi connectivity index (χ2n) is 6.21. The quantitative estimate of drug-likeness (QED) is 0.412. The minimum Gasteiger partial charge on any atom is -0.480 e. The number of anilines is 1. The average Bonchev–Trinajstić information content (AvgIpc) is 2.68. The zero-order chi connectivity index (χ0) is 21.4. The summed E-state index contributed by atoms with van der Waals surface area (Å²) in [5, 5.41) is 12.3. The Morgan fingerprint density at radius 3 is 2.55 bits per heavy atom. The van der Waals surface area contributed by atoms with Gasteiger partial charge in [-0.25, -0.2) is 4.79 Å². The van der Waals surface area contributed by atoms with Crippen LogP contribution >= 0.6 is 11.6 Å². The van der Waals surface area contributed by atoms with Crippen LogP contribution in [0.1, 0.15) is 23.6 Å². The maximum Gasteiger partial charge on any atom is 0.344 e. The lowest BCUT2D eigenvalue weighted by atomic mass is 10.1. The Labute approximate surface area is 174 Å². The number of halogens is 1. The standard InChI is InChI=1S/C22H21ClN2O4/c1-4-28-21(26)13-29-20-8-6-16(11-19(20)23)10-17(12-24)22(27)25-18-7-5-14(2)15(3)9-18/h5-11H,4,13H2,1-3H3,(H,25,27)/b17-10+. The first-order chi connectivity index (χ1) is 13.8. The molecule has 0 atom stereocenters. The van der Waals surface area contributed by atoms with Crippen molar-refractivity contribution in [2.45, 2.75) is 20.8 Å². The fraction of sp³-hybridized carbons (Fsp3) is 0.227. The third kappa shape index (κ3) is 6.37. The van der Waals surface area contributed by atoms with Crippen molar-refractivity contribution in [2.24, 2.45) is 0 Å². The van der Waals surface area contributed by atoms with Gasteiger partial charge in [-0.15, -0.1) is 0 Å². The first kappa shape index (κ1) is 22.0. The summed E-state index contributed by atoms with van der Waals surface area (Å²) in [7, 11) is 0. The molecule has 1 amide bonds. The van der Waals surface area contributed by atoms with Gasteiger partial charge in [0.15, 0.2) is 6.61 Å². The molecule has 0 heterocycles. The highest BCUT2D eigenvalue weighted by Gasteiger charge is 2.12. The number of carbonyl (C=O) groups excluding carboxylic acids is 2. The fourth-order valence-electron chi connectivity index (χ4n) is 2.40. The van der Waals surface area contributed by atoms with E-state index in [1.807, 2.05) is 32.0 Å². The van der Waals surface area contributed by atoms with Crippen LogP contribution in [0.4, 0.5) is 5.69 Å². The molecule has 0 saturated heterocycles. The van der Waals surface area contributed by atoms with Gasteiger partial charge in [-0.2, -0.15) is 5.26 Å². The molecule has 0 unspecified atom stereocenters. The van der Waals surface area contributed by atoms with Gasteiger partial charge in [0.1, 0.15) is 17.4 Å². The lowest BCUT2D eigenvalue weighted by Gasteiger charge is -2.09. The first-order valence-corrected chi connectivity index (χ1v) is 9.30. The molecule has 0 aliphatic rings. The average molecular weight is 413 g/mol. The van der Waals surface area contributed by atoms with Gasteiger partial charge in [-0.05, 0) is 67.8 Å². The number of ether oxygens (including phenoxy) is 2. The molecular weight excluding hydrogens is 392 g/mol. The molecule has 2 rings (SSSR count). The van der Waals surface area contributed by atoms with Crippen molar-refractivity contribution in [3.63, 3.8) is 0 Å². The first-order valence-electron chi connectivity index (χ1n) is 8.92. The lowest BCUT2D eigenvalue weighted by Crippen LogP contribution is -2.14. The van der Waals surface area contributed by atoms with E-state index in [-0.39, 0.29) is 23.8 Å². The Bertz CT molecular complexity index is 993. The molecule has 0 bridgehead atoms. The normalized spacial score (nSPS) is 10.8. The molecule has 2 aromatic carbocycles. The van der Waals surface area contributed by atoms with E-state index in [1.54, 1.807) is 31.2 Å². The number of hydrogen-bond acceptors (Lipinski definition) is 5. The summed E-state index contributed by atoms with van der Waals surface area (Å²) >= 11 is 6.17. The highest BCUT2D eigenvalue weighted by Crippen LogP contribution is 2.26. The van der Waals surface area contributed by atoms with Gasteiger partial charge in [0.05, 0.1) is 11.6 Å². The summed E-state index contributed by atoms with van der Waals surface area (Å²) < 4.78 is 10.1. The maximum atomic E-state index is 12.4. The summed E-state index contributed by atoms with van der Waals surface area (Å²) in [5.74, 6) is -0.716. The number of nitrogens with one attached hydrogen (secondary N) is 1. The summed E-state index contributed by atoms with van der Waals surface area (Å²) in [6.45, 7) is 5.63. The van der Waals surface area contributed by atoms with Gasteiger partial charge in [0, 0.05) is 5.69 Å². The van der Waals surface area contributed by atoms with Crippen LogP contribution < -0.4 is 10.1 Å². The van der Waals surface area contributed by atoms with Crippen LogP contribution in [-0.4, -0.2) is 25.1 Å². The monoisotopic (exact) mass is 412 g/mol. The van der Waals surface area contributed by atoms with E-state index in [0.29, 0.717) is 17.0 Å². The molecule has 0 radical (unpaired) electrons. The molecular formula is C22H21ClN2O4. The molecule has 150 valence electrons. The van der Waals surface area contributed by atoms with Crippen LogP contribution in [0.5, 0.6) is 5.75 Å². The van der Waals surface area contributed by atoms with E-state index in [2.05, 4.69) is 5.32 Å². The third-order valence-electron chi connectivity index (χ3n) is 4.05. The van der Waals surface area contributed by atoms with Crippen LogP contribution in [0.25, 0.3) is 6.08 Å². The van der Waals surface area contributed by atoms with Crippen molar-refractivity contribution in [3.05, 3.63) is 63.7 Å². The highest BCUT2D eigenvalue weighted by molar-refractivity contribution is 6.32. The zero-order valence-electron chi connectivity index (χ0n) is 16.4. The van der Waals surface area contributed by atoms with Gasteiger partial charge < -0.3 is 14.8 Å². The second-order valence-corrected chi connectivity index (χ2v) is 6.61. The van der Waals surface area contributed by atoms with Crippen molar-refractivity contribution in [1.29, 1.82) is 5.26 Å². The van der Waals surface area contributed by atoms with Crippen molar-refractivity contribution in [2.75, 3.05) is 18.5 Å². The number of carbonyl (C=O) groups is 2. The van der Waals surface area contributed by atoms with Gasteiger partial charge >= 0.3 is 5.97 Å². The Morgan fingerprint density at radius 1 is 1.17 bits per heavy atom. The smallest absolute Gasteiger partial charge is 0.344 e. The highest BCUT2D eigenvalue weighted by atomic mass is 35.5. The Kier molecular flexibility index (Phi) is 7.81. The van der Waals surface area contributed by atoms with Crippen LogP contribution in [0.15, 0.2) is 42.0 Å². The topological polar surface area (TPSA) is 88.4 Å². The third-order valence-corrected chi connectivity index (χ3v) is 4.34. The predicted molar refractivity (Wildman–Crippen MR) is 112 cm³/mol. The summed E-state index contributed by atoms with van der Waals surface area (Å²) in [5.41, 5.74) is 3.24. The number of esters is 1. The van der Waals surface area contributed by atoms with E-state index in [0.717, 1.165) is 11.1 Å². The number of amides is 1. The number of nitriles is 1. The number of aryl methyl sites for hydroxylation is 2. The minimum atomic E-state index is -0.519. The van der Waals surface area contributed by atoms with Crippen LogP contribution in [0, 0.1) is 25.2 Å². The zero-order valence-corrected chi connectivity index (χ0v) is 17.2. The number of hydrogen-bond donors (Lipinski definition) is 1. The van der Waals surface area contributed by atoms with E-state index < -0.39 is 11.9 Å². The van der Waals surface area contributed by atoms with E-state index in [1.165, 1.54) is 6.08 Å². The number of rotatable bonds is 7. The molecule has 2 aromatic rings. The Balaban J connectivity index is 2.12. The Hall–Kier alpha value is -3.30. The molecule has 0 spiro atoms. The Morgan fingerprint density at radius 2 is 1.93 bits per heavy atom. The fourth-order valence-corrected chi connectivity index (χ4v) is 2.64. The van der Waals surface area contributed by atoms with Crippen molar-refractivity contribution in [1.82, 2.24) is 0 Å². The molecule has 0 fully saturated rings.